The molecule has 4 aromatic rings. The zero-order chi connectivity index (χ0) is 30.0. The smallest absolute Gasteiger partial charge is 0.338 e. The SMILES string of the molecule is CCCC1=C(C(=O)OCC)[C@@H](c2ccccc2OC)n2c(s/c(=C\c3ccc(-c4ccc(C(=O)O)c(Cl)c4)o3)c2=O)=N1. The van der Waals surface area contributed by atoms with Gasteiger partial charge in [-0.1, -0.05) is 60.5 Å². The highest BCUT2D eigenvalue weighted by molar-refractivity contribution is 7.07. The monoisotopic (exact) mass is 606 g/mol. The van der Waals surface area contributed by atoms with E-state index in [1.807, 2.05) is 25.1 Å². The van der Waals surface area contributed by atoms with E-state index in [1.165, 1.54) is 28.0 Å². The lowest BCUT2D eigenvalue weighted by atomic mass is 9.93. The second-order valence-electron chi connectivity index (χ2n) is 9.36. The number of carbonyl (C=O) groups is 2. The fourth-order valence-electron chi connectivity index (χ4n) is 4.86. The number of methoxy groups -OCH3 is 1. The van der Waals surface area contributed by atoms with Crippen LogP contribution in [-0.4, -0.2) is 35.3 Å². The highest BCUT2D eigenvalue weighted by Crippen LogP contribution is 2.37. The maximum Gasteiger partial charge on any atom is 0.338 e. The molecule has 0 fully saturated rings. The summed E-state index contributed by atoms with van der Waals surface area (Å²) in [6.45, 7) is 3.91. The van der Waals surface area contributed by atoms with Crippen molar-refractivity contribution in [2.45, 2.75) is 32.7 Å². The number of fused-ring (bicyclic) bond motifs is 1. The molecule has 2 aromatic heterocycles. The van der Waals surface area contributed by atoms with Gasteiger partial charge < -0.3 is 19.0 Å². The van der Waals surface area contributed by atoms with Crippen molar-refractivity contribution in [1.29, 1.82) is 0 Å². The molecule has 0 saturated heterocycles. The molecule has 5 rings (SSSR count). The molecule has 42 heavy (non-hydrogen) atoms. The van der Waals surface area contributed by atoms with Crippen LogP contribution in [0.4, 0.5) is 0 Å². The van der Waals surface area contributed by atoms with E-state index in [2.05, 4.69) is 0 Å². The summed E-state index contributed by atoms with van der Waals surface area (Å²) < 4.78 is 18.9. The molecule has 216 valence electrons. The highest BCUT2D eigenvalue weighted by Gasteiger charge is 2.35. The minimum Gasteiger partial charge on any atom is -0.496 e. The molecular formula is C31H27ClN2O7S. The van der Waals surface area contributed by atoms with Gasteiger partial charge in [0.15, 0.2) is 4.80 Å². The van der Waals surface area contributed by atoms with Gasteiger partial charge in [0.1, 0.15) is 23.3 Å². The molecule has 3 heterocycles. The van der Waals surface area contributed by atoms with Crippen molar-refractivity contribution < 1.29 is 28.6 Å². The number of thiazole rings is 1. The second kappa shape index (κ2) is 12.2. The number of esters is 1. The van der Waals surface area contributed by atoms with E-state index in [9.17, 15) is 19.5 Å². The average Bonchev–Trinajstić information content (AvgIpc) is 3.56. The summed E-state index contributed by atoms with van der Waals surface area (Å²) in [4.78, 5) is 43.8. The van der Waals surface area contributed by atoms with Crippen LogP contribution in [0.3, 0.4) is 0 Å². The number of carboxylic acids is 1. The van der Waals surface area contributed by atoms with Gasteiger partial charge >= 0.3 is 11.9 Å². The van der Waals surface area contributed by atoms with Crippen molar-refractivity contribution in [3.05, 3.63) is 107 Å². The molecule has 0 spiro atoms. The normalized spacial score (nSPS) is 14.9. The second-order valence-corrected chi connectivity index (χ2v) is 10.8. The summed E-state index contributed by atoms with van der Waals surface area (Å²) in [5.74, 6) is -0.268. The number of aromatic carboxylic acids is 1. The fourth-order valence-corrected chi connectivity index (χ4v) is 6.13. The van der Waals surface area contributed by atoms with Gasteiger partial charge in [-0.25, -0.2) is 14.6 Å². The number of benzene rings is 2. The first-order chi connectivity index (χ1) is 20.3. The van der Waals surface area contributed by atoms with Crippen LogP contribution >= 0.6 is 22.9 Å². The van der Waals surface area contributed by atoms with Crippen molar-refractivity contribution in [3.63, 3.8) is 0 Å². The summed E-state index contributed by atoms with van der Waals surface area (Å²) in [5.41, 5.74) is 1.75. The zero-order valence-electron chi connectivity index (χ0n) is 23.0. The van der Waals surface area contributed by atoms with Gasteiger partial charge in [-0.2, -0.15) is 0 Å². The number of hydrogen-bond acceptors (Lipinski definition) is 8. The largest absolute Gasteiger partial charge is 0.496 e. The third-order valence-electron chi connectivity index (χ3n) is 6.71. The van der Waals surface area contributed by atoms with E-state index in [0.29, 0.717) is 55.4 Å². The molecule has 2 aromatic carbocycles. The summed E-state index contributed by atoms with van der Waals surface area (Å²) in [6.07, 6.45) is 2.88. The standard InChI is InChI=1S/C31H27ClN2O7S/c1-4-8-22-26(30(38)40-5-2)27(20-9-6-7-10-24(20)39-3)34-28(35)25(42-31(34)33-22)16-18-12-14-23(41-18)17-11-13-19(29(36)37)21(32)15-17/h6-7,9-16,27H,4-5,8H2,1-3H3,(H,36,37)/b25-16-/t27-/m1/s1. The topological polar surface area (TPSA) is 120 Å². The molecule has 0 radical (unpaired) electrons. The van der Waals surface area contributed by atoms with E-state index in [4.69, 9.17) is 30.5 Å². The van der Waals surface area contributed by atoms with Crippen LogP contribution in [0.5, 0.6) is 5.75 Å². The van der Waals surface area contributed by atoms with Gasteiger partial charge in [0, 0.05) is 17.2 Å². The molecule has 0 amide bonds. The molecule has 0 bridgehead atoms. The van der Waals surface area contributed by atoms with Gasteiger partial charge in [-0.05, 0) is 43.7 Å². The molecule has 0 saturated carbocycles. The molecule has 1 aliphatic heterocycles. The Kier molecular flexibility index (Phi) is 8.46. The summed E-state index contributed by atoms with van der Waals surface area (Å²) >= 11 is 7.33. The molecular weight excluding hydrogens is 580 g/mol. The Hall–Kier alpha value is -4.41. The number of aromatic nitrogens is 1. The minimum absolute atomic E-state index is 0.0115. The molecule has 1 aliphatic rings. The predicted octanol–water partition coefficient (Wildman–Crippen LogP) is 5.20. The lowest BCUT2D eigenvalue weighted by Crippen LogP contribution is -2.40. The average molecular weight is 607 g/mol. The van der Waals surface area contributed by atoms with E-state index >= 15 is 0 Å². The number of carbonyl (C=O) groups excluding carboxylic acids is 1. The number of para-hydroxylation sites is 1. The molecule has 9 nitrogen and oxygen atoms in total. The van der Waals surface area contributed by atoms with Crippen LogP contribution < -0.4 is 19.6 Å². The Balaban J connectivity index is 1.66. The van der Waals surface area contributed by atoms with Crippen molar-refractivity contribution in [2.75, 3.05) is 13.7 Å². The third kappa shape index (κ3) is 5.43. The minimum atomic E-state index is -1.12. The van der Waals surface area contributed by atoms with E-state index in [0.717, 1.165) is 6.42 Å². The van der Waals surface area contributed by atoms with Crippen molar-refractivity contribution in [3.8, 4) is 17.1 Å². The zero-order valence-corrected chi connectivity index (χ0v) is 24.6. The van der Waals surface area contributed by atoms with Crippen LogP contribution in [0.2, 0.25) is 5.02 Å². The number of ether oxygens (including phenoxy) is 2. The molecule has 0 aliphatic carbocycles. The number of carboxylic acid groups (broad SMARTS) is 1. The van der Waals surface area contributed by atoms with E-state index in [-0.39, 0.29) is 22.8 Å². The summed E-state index contributed by atoms with van der Waals surface area (Å²) in [7, 11) is 1.54. The first-order valence-corrected chi connectivity index (χ1v) is 14.4. The lowest BCUT2D eigenvalue weighted by Gasteiger charge is -2.26. The van der Waals surface area contributed by atoms with Crippen LogP contribution in [0, 0.1) is 0 Å². The number of halogens is 1. The molecule has 0 unspecified atom stereocenters. The number of allylic oxidation sites excluding steroid dienone is 1. The van der Waals surface area contributed by atoms with Crippen molar-refractivity contribution in [1.82, 2.24) is 4.57 Å². The Labute approximate surface area is 249 Å². The Bertz CT molecular complexity index is 1900. The molecule has 1 atom stereocenters. The third-order valence-corrected chi connectivity index (χ3v) is 8.01. The first-order valence-electron chi connectivity index (χ1n) is 13.2. The van der Waals surface area contributed by atoms with Gasteiger partial charge in [0.25, 0.3) is 5.56 Å². The van der Waals surface area contributed by atoms with Gasteiger partial charge in [0.2, 0.25) is 0 Å². The summed E-state index contributed by atoms with van der Waals surface area (Å²) in [5, 5.41) is 9.33. The van der Waals surface area contributed by atoms with Crippen LogP contribution in [0.25, 0.3) is 17.4 Å². The maximum atomic E-state index is 14.0. The fraction of sp³-hybridized carbons (Fsp3) is 0.226. The van der Waals surface area contributed by atoms with E-state index < -0.39 is 18.0 Å². The van der Waals surface area contributed by atoms with Crippen molar-refractivity contribution >= 4 is 41.0 Å². The van der Waals surface area contributed by atoms with E-state index in [1.54, 1.807) is 44.4 Å². The number of nitrogens with zero attached hydrogens (tertiary/aromatic N) is 2. The number of rotatable bonds is 9. The summed E-state index contributed by atoms with van der Waals surface area (Å²) in [6, 6.07) is 14.4. The lowest BCUT2D eigenvalue weighted by molar-refractivity contribution is -0.139. The van der Waals surface area contributed by atoms with Crippen LogP contribution in [0.15, 0.2) is 80.1 Å². The van der Waals surface area contributed by atoms with Crippen LogP contribution in [0.1, 0.15) is 54.4 Å². The molecule has 11 heteroatoms. The van der Waals surface area contributed by atoms with Gasteiger partial charge in [0.05, 0.1) is 40.1 Å². The Morgan fingerprint density at radius 3 is 2.64 bits per heavy atom. The Morgan fingerprint density at radius 2 is 1.95 bits per heavy atom. The quantitative estimate of drug-likeness (QED) is 0.260. The van der Waals surface area contributed by atoms with Gasteiger partial charge in [-0.15, -0.1) is 0 Å². The van der Waals surface area contributed by atoms with Gasteiger partial charge in [-0.3, -0.25) is 9.36 Å². The van der Waals surface area contributed by atoms with Crippen LogP contribution in [-0.2, 0) is 9.53 Å². The first kappa shape index (κ1) is 29.1. The number of furan rings is 1. The Morgan fingerprint density at radius 1 is 1.17 bits per heavy atom. The molecule has 1 N–H and O–H groups in total. The number of hydrogen-bond donors (Lipinski definition) is 1. The van der Waals surface area contributed by atoms with Crippen molar-refractivity contribution in [2.24, 2.45) is 4.99 Å². The highest BCUT2D eigenvalue weighted by atomic mass is 35.5. The predicted molar refractivity (Wildman–Crippen MR) is 159 cm³/mol. The maximum absolute atomic E-state index is 14.0.